The van der Waals surface area contributed by atoms with E-state index in [-0.39, 0.29) is 11.8 Å². The van der Waals surface area contributed by atoms with Crippen molar-refractivity contribution in [1.82, 2.24) is 15.1 Å². The lowest BCUT2D eigenvalue weighted by Crippen LogP contribution is -2.34. The van der Waals surface area contributed by atoms with Crippen LogP contribution in [0.2, 0.25) is 0 Å². The summed E-state index contributed by atoms with van der Waals surface area (Å²) < 4.78 is 23.6. The molecule has 1 N–H and O–H groups in total. The Balaban J connectivity index is 2.22. The van der Waals surface area contributed by atoms with Gasteiger partial charge in [-0.3, -0.25) is 4.68 Å². The molecule has 1 aromatic rings. The van der Waals surface area contributed by atoms with Gasteiger partial charge in [0.1, 0.15) is 9.84 Å². The monoisotopic (exact) mass is 231 g/mol. The fourth-order valence-corrected chi connectivity index (χ4v) is 1.73. The molecular weight excluding hydrogens is 214 g/mol. The van der Waals surface area contributed by atoms with Gasteiger partial charge in [-0.1, -0.05) is 0 Å². The largest absolute Gasteiger partial charge is 0.311 e. The highest BCUT2D eigenvalue weighted by molar-refractivity contribution is 7.90. The highest BCUT2D eigenvalue weighted by Gasteiger charge is 2.05. The number of nitrogens with one attached hydrogen (secondary N) is 1. The lowest BCUT2D eigenvalue weighted by atomic mass is 10.3. The second-order valence-corrected chi connectivity index (χ2v) is 5.97. The molecule has 0 aliphatic rings. The zero-order valence-electron chi connectivity index (χ0n) is 9.05. The Kier molecular flexibility index (Phi) is 4.28. The average molecular weight is 231 g/mol. The first kappa shape index (κ1) is 12.2. The Morgan fingerprint density at radius 3 is 2.80 bits per heavy atom. The van der Waals surface area contributed by atoms with Crippen molar-refractivity contribution in [3.05, 3.63) is 18.5 Å². The van der Waals surface area contributed by atoms with Crippen LogP contribution in [0.3, 0.4) is 0 Å². The van der Waals surface area contributed by atoms with E-state index in [1.165, 1.54) is 6.26 Å². The molecule has 0 aliphatic carbocycles. The zero-order valence-corrected chi connectivity index (χ0v) is 9.87. The Labute approximate surface area is 90.4 Å². The van der Waals surface area contributed by atoms with Gasteiger partial charge in [0, 0.05) is 31.2 Å². The van der Waals surface area contributed by atoms with E-state index in [9.17, 15) is 8.42 Å². The molecule has 1 heterocycles. The van der Waals surface area contributed by atoms with Crippen LogP contribution in [0.4, 0.5) is 0 Å². The van der Waals surface area contributed by atoms with Gasteiger partial charge in [0.2, 0.25) is 0 Å². The van der Waals surface area contributed by atoms with Crippen LogP contribution >= 0.6 is 0 Å². The van der Waals surface area contributed by atoms with Gasteiger partial charge in [-0.15, -0.1) is 0 Å². The van der Waals surface area contributed by atoms with Crippen molar-refractivity contribution in [1.29, 1.82) is 0 Å². The average Bonchev–Trinajstić information content (AvgIpc) is 2.54. The molecule has 0 radical (unpaired) electrons. The van der Waals surface area contributed by atoms with Crippen molar-refractivity contribution in [3.63, 3.8) is 0 Å². The molecule has 0 unspecified atom stereocenters. The van der Waals surface area contributed by atoms with Gasteiger partial charge in [0.25, 0.3) is 0 Å². The lowest BCUT2D eigenvalue weighted by Gasteiger charge is -2.13. The summed E-state index contributed by atoms with van der Waals surface area (Å²) in [6.45, 7) is 3.24. The summed E-state index contributed by atoms with van der Waals surface area (Å²) in [5, 5.41) is 7.21. The maximum absolute atomic E-state index is 10.9. The minimum Gasteiger partial charge on any atom is -0.311 e. The van der Waals surface area contributed by atoms with Crippen molar-refractivity contribution < 1.29 is 8.42 Å². The molecule has 1 atom stereocenters. The summed E-state index contributed by atoms with van der Waals surface area (Å²) in [6.07, 6.45) is 4.85. The number of hydrogen-bond acceptors (Lipinski definition) is 4. The molecular formula is C9H17N3O2S. The van der Waals surface area contributed by atoms with Gasteiger partial charge in [-0.2, -0.15) is 5.10 Å². The van der Waals surface area contributed by atoms with E-state index in [0.717, 1.165) is 6.54 Å². The normalized spacial score (nSPS) is 14.0. The SMILES string of the molecule is C[C@@H](Cn1cccn1)NCCS(C)(=O)=O. The maximum atomic E-state index is 10.9. The standard InChI is InChI=1S/C9H17N3O2S/c1-9(8-12-6-3-4-11-12)10-5-7-15(2,13)14/h3-4,6,9-10H,5,7-8H2,1-2H3/t9-/m0/s1. The maximum Gasteiger partial charge on any atom is 0.148 e. The van der Waals surface area contributed by atoms with Crippen molar-refractivity contribution >= 4 is 9.84 Å². The fraction of sp³-hybridized carbons (Fsp3) is 0.667. The Hall–Kier alpha value is -0.880. The molecule has 0 saturated carbocycles. The van der Waals surface area contributed by atoms with Crippen LogP contribution in [0.25, 0.3) is 0 Å². The zero-order chi connectivity index (χ0) is 11.3. The van der Waals surface area contributed by atoms with Crippen LogP contribution in [0.1, 0.15) is 6.92 Å². The molecule has 0 bridgehead atoms. The molecule has 0 amide bonds. The highest BCUT2D eigenvalue weighted by atomic mass is 32.2. The fourth-order valence-electron chi connectivity index (χ4n) is 1.24. The lowest BCUT2D eigenvalue weighted by molar-refractivity contribution is 0.461. The first-order chi connectivity index (χ1) is 6.97. The van der Waals surface area contributed by atoms with Gasteiger partial charge in [-0.25, -0.2) is 8.42 Å². The van der Waals surface area contributed by atoms with Gasteiger partial charge >= 0.3 is 0 Å². The summed E-state index contributed by atoms with van der Waals surface area (Å²) in [4.78, 5) is 0. The number of rotatable bonds is 6. The Morgan fingerprint density at radius 1 is 1.53 bits per heavy atom. The molecule has 6 heteroatoms. The van der Waals surface area contributed by atoms with Gasteiger partial charge in [0.15, 0.2) is 0 Å². The van der Waals surface area contributed by atoms with Crippen molar-refractivity contribution in [3.8, 4) is 0 Å². The van der Waals surface area contributed by atoms with Crippen LogP contribution in [-0.4, -0.2) is 42.8 Å². The second kappa shape index (κ2) is 5.27. The molecule has 1 aromatic heterocycles. The quantitative estimate of drug-likeness (QED) is 0.743. The molecule has 5 nitrogen and oxygen atoms in total. The van der Waals surface area contributed by atoms with Crippen LogP contribution in [0, 0.1) is 0 Å². The third kappa shape index (κ3) is 5.54. The number of hydrogen-bond donors (Lipinski definition) is 1. The highest BCUT2D eigenvalue weighted by Crippen LogP contribution is 1.90. The number of nitrogens with zero attached hydrogens (tertiary/aromatic N) is 2. The van der Waals surface area contributed by atoms with E-state index < -0.39 is 9.84 Å². The van der Waals surface area contributed by atoms with Gasteiger partial charge in [-0.05, 0) is 13.0 Å². The van der Waals surface area contributed by atoms with E-state index in [1.54, 1.807) is 6.20 Å². The molecule has 0 fully saturated rings. The smallest absolute Gasteiger partial charge is 0.148 e. The number of aromatic nitrogens is 2. The van der Waals surface area contributed by atoms with Crippen LogP contribution in [0.5, 0.6) is 0 Å². The molecule has 1 rings (SSSR count). The second-order valence-electron chi connectivity index (χ2n) is 3.71. The predicted molar refractivity (Wildman–Crippen MR) is 59.4 cm³/mol. The van der Waals surface area contributed by atoms with Crippen LogP contribution in [0.15, 0.2) is 18.5 Å². The van der Waals surface area contributed by atoms with Gasteiger partial charge in [0.05, 0.1) is 12.3 Å². The van der Waals surface area contributed by atoms with E-state index >= 15 is 0 Å². The third-order valence-corrected chi connectivity index (χ3v) is 2.93. The first-order valence-corrected chi connectivity index (χ1v) is 6.92. The van der Waals surface area contributed by atoms with E-state index in [0.29, 0.717) is 6.54 Å². The summed E-state index contributed by atoms with van der Waals surface area (Å²) in [6, 6.07) is 2.08. The van der Waals surface area contributed by atoms with E-state index in [1.807, 2.05) is 23.9 Å². The molecule has 0 saturated heterocycles. The molecule has 86 valence electrons. The van der Waals surface area contributed by atoms with Crippen molar-refractivity contribution in [2.24, 2.45) is 0 Å². The minimum atomic E-state index is -2.87. The van der Waals surface area contributed by atoms with E-state index in [4.69, 9.17) is 0 Å². The number of sulfone groups is 1. The van der Waals surface area contributed by atoms with E-state index in [2.05, 4.69) is 10.4 Å². The van der Waals surface area contributed by atoms with Crippen LogP contribution in [-0.2, 0) is 16.4 Å². The summed E-state index contributed by atoms with van der Waals surface area (Å²) >= 11 is 0. The minimum absolute atomic E-state index is 0.177. The molecule has 0 aliphatic heterocycles. The third-order valence-electron chi connectivity index (χ3n) is 1.99. The predicted octanol–water partition coefficient (Wildman–Crippen LogP) is -0.0942. The summed E-state index contributed by atoms with van der Waals surface area (Å²) in [7, 11) is -2.87. The molecule has 15 heavy (non-hydrogen) atoms. The topological polar surface area (TPSA) is 64.0 Å². The first-order valence-electron chi connectivity index (χ1n) is 4.86. The summed E-state index contributed by atoms with van der Waals surface area (Å²) in [5.41, 5.74) is 0. The van der Waals surface area contributed by atoms with Crippen molar-refractivity contribution in [2.45, 2.75) is 19.5 Å². The Morgan fingerprint density at radius 2 is 2.27 bits per heavy atom. The Bertz CT molecular complexity index is 372. The molecule has 0 aromatic carbocycles. The molecule has 0 spiro atoms. The summed E-state index contributed by atoms with van der Waals surface area (Å²) in [5.74, 6) is 0.177. The van der Waals surface area contributed by atoms with Gasteiger partial charge < -0.3 is 5.32 Å². The van der Waals surface area contributed by atoms with Crippen molar-refractivity contribution in [2.75, 3.05) is 18.6 Å². The van der Waals surface area contributed by atoms with Crippen LogP contribution < -0.4 is 5.32 Å².